The molecule has 4 rings (SSSR count). The highest BCUT2D eigenvalue weighted by atomic mass is 19.4. The van der Waals surface area contributed by atoms with E-state index < -0.39 is 23.8 Å². The van der Waals surface area contributed by atoms with E-state index in [1.807, 2.05) is 11.0 Å². The van der Waals surface area contributed by atoms with Crippen molar-refractivity contribution in [3.63, 3.8) is 0 Å². The highest BCUT2D eigenvalue weighted by molar-refractivity contribution is 5.73. The Bertz CT molecular complexity index is 1390. The first-order chi connectivity index (χ1) is 19.6. The van der Waals surface area contributed by atoms with Gasteiger partial charge in [-0.1, -0.05) is 24.3 Å². The Labute approximate surface area is 234 Å². The minimum atomic E-state index is -4.65. The van der Waals surface area contributed by atoms with E-state index in [4.69, 9.17) is 14.6 Å². The van der Waals surface area contributed by atoms with Gasteiger partial charge in [-0.2, -0.15) is 13.2 Å². The van der Waals surface area contributed by atoms with E-state index in [9.17, 15) is 22.8 Å². The number of carboxylic acid groups (broad SMARTS) is 1. The van der Waals surface area contributed by atoms with Crippen molar-refractivity contribution in [3.8, 4) is 5.75 Å². The predicted molar refractivity (Wildman–Crippen MR) is 145 cm³/mol. The molecular weight excluding hydrogens is 543 g/mol. The lowest BCUT2D eigenvalue weighted by atomic mass is 9.98. The molecule has 0 bridgehead atoms. The van der Waals surface area contributed by atoms with Gasteiger partial charge in [0.2, 0.25) is 5.95 Å². The van der Waals surface area contributed by atoms with Crippen LogP contribution in [-0.2, 0) is 35.0 Å². The summed E-state index contributed by atoms with van der Waals surface area (Å²) in [5.74, 6) is -0.0497. The number of halogens is 3. The molecule has 10 nitrogen and oxygen atoms in total. The first-order valence-corrected chi connectivity index (χ1v) is 12.8. The first-order valence-electron chi connectivity index (χ1n) is 12.8. The van der Waals surface area contributed by atoms with E-state index in [1.54, 1.807) is 36.4 Å². The van der Waals surface area contributed by atoms with Gasteiger partial charge >= 0.3 is 18.2 Å². The quantitative estimate of drug-likeness (QED) is 0.356. The molecule has 41 heavy (non-hydrogen) atoms. The zero-order valence-corrected chi connectivity index (χ0v) is 22.6. The van der Waals surface area contributed by atoms with E-state index in [2.05, 4.69) is 15.3 Å². The van der Waals surface area contributed by atoms with Gasteiger partial charge in [-0.3, -0.25) is 4.79 Å². The second-order valence-corrected chi connectivity index (χ2v) is 9.34. The molecule has 218 valence electrons. The summed E-state index contributed by atoms with van der Waals surface area (Å²) in [5, 5.41) is 12.1. The van der Waals surface area contributed by atoms with Gasteiger partial charge < -0.3 is 29.7 Å². The molecule has 2 heterocycles. The monoisotopic (exact) mass is 573 g/mol. The molecular formula is C28H30F3N5O5. The number of benzene rings is 2. The predicted octanol–water partition coefficient (Wildman–Crippen LogP) is 4.55. The maximum Gasteiger partial charge on any atom is 0.419 e. The fourth-order valence-corrected chi connectivity index (χ4v) is 4.62. The van der Waals surface area contributed by atoms with Crippen molar-refractivity contribution in [2.45, 2.75) is 25.4 Å². The van der Waals surface area contributed by atoms with Crippen LogP contribution in [0, 0.1) is 0 Å². The van der Waals surface area contributed by atoms with Crippen LogP contribution in [0.1, 0.15) is 22.4 Å². The van der Waals surface area contributed by atoms with Crippen LogP contribution in [0.5, 0.6) is 5.75 Å². The molecule has 1 aliphatic rings. The van der Waals surface area contributed by atoms with Crippen molar-refractivity contribution in [1.29, 1.82) is 0 Å². The average Bonchev–Trinajstić information content (AvgIpc) is 2.96. The van der Waals surface area contributed by atoms with Crippen LogP contribution in [0.3, 0.4) is 0 Å². The Morgan fingerprint density at radius 3 is 2.37 bits per heavy atom. The number of aromatic nitrogens is 2. The Kier molecular flexibility index (Phi) is 9.15. The molecule has 0 unspecified atom stereocenters. The van der Waals surface area contributed by atoms with Crippen LogP contribution < -0.4 is 15.0 Å². The Morgan fingerprint density at radius 2 is 1.73 bits per heavy atom. The van der Waals surface area contributed by atoms with Gasteiger partial charge in [-0.05, 0) is 36.1 Å². The van der Waals surface area contributed by atoms with Crippen molar-refractivity contribution in [2.75, 3.05) is 50.6 Å². The number of anilines is 3. The number of hydrogen-bond acceptors (Lipinski definition) is 8. The summed E-state index contributed by atoms with van der Waals surface area (Å²) >= 11 is 0. The van der Waals surface area contributed by atoms with Crippen molar-refractivity contribution < 1.29 is 37.3 Å². The molecule has 3 aromatic rings. The number of nitrogens with one attached hydrogen (secondary N) is 1. The topological polar surface area (TPSA) is 117 Å². The molecule has 0 aliphatic carbocycles. The van der Waals surface area contributed by atoms with Crippen LogP contribution >= 0.6 is 0 Å². The summed E-state index contributed by atoms with van der Waals surface area (Å²) in [6.07, 6.45) is -4.65. The van der Waals surface area contributed by atoms with Crippen LogP contribution in [0.4, 0.5) is 35.3 Å². The van der Waals surface area contributed by atoms with Crippen LogP contribution in [-0.4, -0.2) is 72.4 Å². The Hall–Kier alpha value is -4.55. The second-order valence-electron chi connectivity index (χ2n) is 9.34. The summed E-state index contributed by atoms with van der Waals surface area (Å²) in [4.78, 5) is 34.4. The summed E-state index contributed by atoms with van der Waals surface area (Å²) in [6, 6.07) is 12.3. The van der Waals surface area contributed by atoms with Gasteiger partial charge in [0.05, 0.1) is 37.6 Å². The fraction of sp³-hybridized carbons (Fsp3) is 0.357. The summed E-state index contributed by atoms with van der Waals surface area (Å²) in [5.41, 5.74) is 1.55. The number of esters is 1. The molecule has 2 N–H and O–H groups in total. The number of alkyl halides is 3. The maximum absolute atomic E-state index is 13.8. The largest absolute Gasteiger partial charge is 0.494 e. The highest BCUT2D eigenvalue weighted by Gasteiger charge is 2.35. The van der Waals surface area contributed by atoms with E-state index in [0.717, 1.165) is 17.4 Å². The molecule has 0 radical (unpaired) electrons. The lowest BCUT2D eigenvalue weighted by Crippen LogP contribution is -2.48. The zero-order valence-electron chi connectivity index (χ0n) is 22.6. The summed E-state index contributed by atoms with van der Waals surface area (Å²) < 4.78 is 51.7. The number of carbonyl (C=O) groups is 2. The molecule has 1 amide bonds. The second kappa shape index (κ2) is 12.7. The van der Waals surface area contributed by atoms with Gasteiger partial charge in [0.1, 0.15) is 5.75 Å². The lowest BCUT2D eigenvalue weighted by molar-refractivity contribution is -0.140. The van der Waals surface area contributed by atoms with Crippen molar-refractivity contribution in [3.05, 3.63) is 71.0 Å². The third-order valence-corrected chi connectivity index (χ3v) is 6.83. The number of hydrogen-bond donors (Lipinski definition) is 2. The minimum Gasteiger partial charge on any atom is -0.494 e. The molecule has 1 aliphatic heterocycles. The maximum atomic E-state index is 13.8. The van der Waals surface area contributed by atoms with E-state index in [0.29, 0.717) is 43.2 Å². The van der Waals surface area contributed by atoms with E-state index in [1.165, 1.54) is 19.1 Å². The third-order valence-electron chi connectivity index (χ3n) is 6.83. The van der Waals surface area contributed by atoms with Gasteiger partial charge in [-0.25, -0.2) is 14.8 Å². The van der Waals surface area contributed by atoms with Crippen LogP contribution in [0.2, 0.25) is 0 Å². The Balaban J connectivity index is 1.54. The number of rotatable bonds is 9. The summed E-state index contributed by atoms with van der Waals surface area (Å²) in [7, 11) is 2.75. The molecule has 0 saturated carbocycles. The van der Waals surface area contributed by atoms with E-state index in [-0.39, 0.29) is 30.9 Å². The SMILES string of the molecule is COC(=O)Cc1ccccc1CCc1nc(Nc2ccc(N3CCN(C(=O)O)CC3)cc2OC)ncc1C(F)(F)F. The number of methoxy groups -OCH3 is 2. The molecule has 1 fully saturated rings. The fourth-order valence-electron chi connectivity index (χ4n) is 4.62. The highest BCUT2D eigenvalue weighted by Crippen LogP contribution is 2.34. The number of nitrogens with zero attached hydrogens (tertiary/aromatic N) is 4. The molecule has 13 heteroatoms. The van der Waals surface area contributed by atoms with Crippen molar-refractivity contribution >= 4 is 29.4 Å². The van der Waals surface area contributed by atoms with Crippen LogP contribution in [0.15, 0.2) is 48.7 Å². The van der Waals surface area contributed by atoms with Gasteiger partial charge in [0.25, 0.3) is 0 Å². The molecule has 0 atom stereocenters. The summed E-state index contributed by atoms with van der Waals surface area (Å²) in [6.45, 7) is 1.76. The van der Waals surface area contributed by atoms with Gasteiger partial charge in [-0.15, -0.1) is 0 Å². The number of aryl methyl sites for hydroxylation is 2. The van der Waals surface area contributed by atoms with Gasteiger partial charge in [0, 0.05) is 44.1 Å². The Morgan fingerprint density at radius 1 is 1.02 bits per heavy atom. The molecule has 0 spiro atoms. The van der Waals surface area contributed by atoms with Gasteiger partial charge in [0.15, 0.2) is 0 Å². The van der Waals surface area contributed by atoms with Crippen molar-refractivity contribution in [1.82, 2.24) is 14.9 Å². The lowest BCUT2D eigenvalue weighted by Gasteiger charge is -2.34. The molecule has 1 aromatic heterocycles. The van der Waals surface area contributed by atoms with Crippen molar-refractivity contribution in [2.24, 2.45) is 0 Å². The number of carbonyl (C=O) groups excluding carboxylic acids is 1. The van der Waals surface area contributed by atoms with Crippen LogP contribution in [0.25, 0.3) is 0 Å². The standard InChI is InChI=1S/C28H30F3N5O5/c1-40-24-16-20(35-11-13-36(14-12-35)27(38)39)8-10-23(24)34-26-32-17-21(28(29,30)31)22(33-26)9-7-18-5-3-4-6-19(18)15-25(37)41-2/h3-6,8,10,16-17H,7,9,11-15H2,1-2H3,(H,38,39)(H,32,33,34). The number of ether oxygens (including phenoxy) is 2. The first kappa shape index (κ1) is 29.4. The molecule has 2 aromatic carbocycles. The smallest absolute Gasteiger partial charge is 0.419 e. The normalized spacial score (nSPS) is 13.6. The molecule has 1 saturated heterocycles. The zero-order chi connectivity index (χ0) is 29.6. The van der Waals surface area contributed by atoms with E-state index >= 15 is 0 Å². The third kappa shape index (κ3) is 7.35. The minimum absolute atomic E-state index is 0.0143. The number of amides is 1. The number of piperazine rings is 1. The average molecular weight is 574 g/mol.